The number of hydrogen-bond acceptors (Lipinski definition) is 5. The maximum absolute atomic E-state index is 12.4. The lowest BCUT2D eigenvalue weighted by molar-refractivity contribution is -0.121. The number of thioether (sulfide) groups is 1. The van der Waals surface area contributed by atoms with E-state index in [2.05, 4.69) is 5.32 Å². The van der Waals surface area contributed by atoms with Gasteiger partial charge in [-0.2, -0.15) is 11.8 Å². The van der Waals surface area contributed by atoms with Gasteiger partial charge in [0.15, 0.2) is 0 Å². The molecule has 7 heteroatoms. The molecule has 28 heavy (non-hydrogen) atoms. The van der Waals surface area contributed by atoms with E-state index in [0.717, 1.165) is 22.6 Å². The van der Waals surface area contributed by atoms with Crippen molar-refractivity contribution in [3.05, 3.63) is 59.7 Å². The number of nitrogens with one attached hydrogen (secondary N) is 1. The first-order valence-corrected chi connectivity index (χ1v) is 10.1. The van der Waals surface area contributed by atoms with Crippen molar-refractivity contribution in [2.24, 2.45) is 5.73 Å². The molecular weight excluding hydrogens is 376 g/mol. The standard InChI is InChI=1S/C21H26N2O4S/c1-26-17-7-3-15(4-8-17)13-19(16-5-9-18(27-2)10-6-16)23-21(25)11-12-28-14-20(22)24/h3-10,19H,11-14H2,1-2H3,(H2,22,24)(H,23,25). The third-order valence-corrected chi connectivity index (χ3v) is 5.15. The van der Waals surface area contributed by atoms with Gasteiger partial charge in [-0.1, -0.05) is 24.3 Å². The summed E-state index contributed by atoms with van der Waals surface area (Å²) in [5, 5.41) is 3.10. The lowest BCUT2D eigenvalue weighted by Gasteiger charge is -2.20. The number of hydrogen-bond donors (Lipinski definition) is 2. The van der Waals surface area contributed by atoms with Gasteiger partial charge in [-0.25, -0.2) is 0 Å². The van der Waals surface area contributed by atoms with Crippen LogP contribution in [0.4, 0.5) is 0 Å². The molecule has 0 saturated heterocycles. The van der Waals surface area contributed by atoms with Crippen LogP contribution in [0.25, 0.3) is 0 Å². The molecule has 2 rings (SSSR count). The lowest BCUT2D eigenvalue weighted by Crippen LogP contribution is -2.30. The molecule has 150 valence electrons. The van der Waals surface area contributed by atoms with Crippen LogP contribution < -0.4 is 20.5 Å². The summed E-state index contributed by atoms with van der Waals surface area (Å²) in [6.07, 6.45) is 0.976. The van der Waals surface area contributed by atoms with Crippen molar-refractivity contribution in [1.82, 2.24) is 5.32 Å². The van der Waals surface area contributed by atoms with Crippen LogP contribution in [0.15, 0.2) is 48.5 Å². The smallest absolute Gasteiger partial charge is 0.227 e. The predicted molar refractivity (Wildman–Crippen MR) is 112 cm³/mol. The van der Waals surface area contributed by atoms with Crippen LogP contribution in [0.5, 0.6) is 11.5 Å². The molecule has 0 aromatic heterocycles. The Labute approximate surface area is 169 Å². The SMILES string of the molecule is COc1ccc(CC(NC(=O)CCSCC(N)=O)c2ccc(OC)cc2)cc1. The molecule has 0 fully saturated rings. The van der Waals surface area contributed by atoms with Gasteiger partial charge in [0.1, 0.15) is 11.5 Å². The number of benzene rings is 2. The van der Waals surface area contributed by atoms with Gasteiger partial charge < -0.3 is 20.5 Å². The summed E-state index contributed by atoms with van der Waals surface area (Å²) in [4.78, 5) is 23.2. The summed E-state index contributed by atoms with van der Waals surface area (Å²) in [5.41, 5.74) is 7.20. The van der Waals surface area contributed by atoms with E-state index >= 15 is 0 Å². The molecule has 1 atom stereocenters. The van der Waals surface area contributed by atoms with E-state index in [4.69, 9.17) is 15.2 Å². The Morgan fingerprint density at radius 1 is 1.00 bits per heavy atom. The summed E-state index contributed by atoms with van der Waals surface area (Å²) in [7, 11) is 3.25. The van der Waals surface area contributed by atoms with Crippen LogP contribution in [0.2, 0.25) is 0 Å². The number of amides is 2. The number of rotatable bonds is 11. The average Bonchev–Trinajstić information content (AvgIpc) is 2.71. The zero-order valence-electron chi connectivity index (χ0n) is 16.1. The summed E-state index contributed by atoms with van der Waals surface area (Å²) in [5.74, 6) is 1.89. The van der Waals surface area contributed by atoms with Crippen molar-refractivity contribution in [2.45, 2.75) is 18.9 Å². The van der Waals surface area contributed by atoms with Gasteiger partial charge in [0, 0.05) is 12.2 Å². The zero-order valence-corrected chi connectivity index (χ0v) is 17.0. The molecule has 1 unspecified atom stereocenters. The van der Waals surface area contributed by atoms with Crippen LogP contribution in [-0.2, 0) is 16.0 Å². The first kappa shape index (κ1) is 21.6. The monoisotopic (exact) mass is 402 g/mol. The van der Waals surface area contributed by atoms with E-state index in [9.17, 15) is 9.59 Å². The number of nitrogens with two attached hydrogens (primary N) is 1. The molecule has 3 N–H and O–H groups in total. The lowest BCUT2D eigenvalue weighted by atomic mass is 9.98. The Balaban J connectivity index is 2.06. The fourth-order valence-electron chi connectivity index (χ4n) is 2.69. The summed E-state index contributed by atoms with van der Waals surface area (Å²) < 4.78 is 10.4. The molecule has 0 aliphatic rings. The summed E-state index contributed by atoms with van der Waals surface area (Å²) in [6, 6.07) is 15.3. The minimum absolute atomic E-state index is 0.0636. The molecular formula is C21H26N2O4S. The van der Waals surface area contributed by atoms with Gasteiger partial charge in [0.25, 0.3) is 0 Å². The van der Waals surface area contributed by atoms with Gasteiger partial charge >= 0.3 is 0 Å². The Bertz CT molecular complexity index is 763. The zero-order chi connectivity index (χ0) is 20.4. The van der Waals surface area contributed by atoms with Gasteiger partial charge in [0.2, 0.25) is 11.8 Å². The highest BCUT2D eigenvalue weighted by Gasteiger charge is 2.16. The Kier molecular flexibility index (Phi) is 8.68. The predicted octanol–water partition coefficient (Wildman–Crippen LogP) is 2.71. The van der Waals surface area contributed by atoms with E-state index < -0.39 is 0 Å². The minimum Gasteiger partial charge on any atom is -0.497 e. The molecule has 6 nitrogen and oxygen atoms in total. The molecule has 0 radical (unpaired) electrons. The second kappa shape index (κ2) is 11.2. The van der Waals surface area contributed by atoms with Gasteiger partial charge in [-0.05, 0) is 41.8 Å². The highest BCUT2D eigenvalue weighted by Crippen LogP contribution is 2.23. The second-order valence-electron chi connectivity index (χ2n) is 6.21. The fraction of sp³-hybridized carbons (Fsp3) is 0.333. The molecule has 2 amide bonds. The number of methoxy groups -OCH3 is 2. The van der Waals surface area contributed by atoms with Crippen molar-refractivity contribution >= 4 is 23.6 Å². The maximum atomic E-state index is 12.4. The van der Waals surface area contributed by atoms with E-state index in [1.54, 1.807) is 14.2 Å². The number of carbonyl (C=O) groups excluding carboxylic acids is 2. The van der Waals surface area contributed by atoms with Gasteiger partial charge in [-0.3, -0.25) is 9.59 Å². The third kappa shape index (κ3) is 7.15. The molecule has 2 aromatic rings. The average molecular weight is 403 g/mol. The quantitative estimate of drug-likeness (QED) is 0.564. The third-order valence-electron chi connectivity index (χ3n) is 4.17. The largest absolute Gasteiger partial charge is 0.497 e. The topological polar surface area (TPSA) is 90.6 Å². The first-order chi connectivity index (χ1) is 13.5. The fourth-order valence-corrected chi connectivity index (χ4v) is 3.37. The molecule has 0 aliphatic heterocycles. The van der Waals surface area contributed by atoms with Crippen LogP contribution in [0.1, 0.15) is 23.6 Å². The minimum atomic E-state index is -0.374. The first-order valence-electron chi connectivity index (χ1n) is 8.94. The number of ether oxygens (including phenoxy) is 2. The molecule has 0 spiro atoms. The van der Waals surface area contributed by atoms with Crippen LogP contribution in [0, 0.1) is 0 Å². The number of carbonyl (C=O) groups is 2. The normalized spacial score (nSPS) is 11.5. The Morgan fingerprint density at radius 2 is 1.57 bits per heavy atom. The highest BCUT2D eigenvalue weighted by atomic mass is 32.2. The van der Waals surface area contributed by atoms with E-state index in [0.29, 0.717) is 18.6 Å². The molecule has 0 saturated carbocycles. The highest BCUT2D eigenvalue weighted by molar-refractivity contribution is 7.99. The Morgan fingerprint density at radius 3 is 2.11 bits per heavy atom. The molecule has 0 bridgehead atoms. The van der Waals surface area contributed by atoms with Crippen molar-refractivity contribution in [3.63, 3.8) is 0 Å². The summed E-state index contributed by atoms with van der Waals surface area (Å²) in [6.45, 7) is 0. The second-order valence-corrected chi connectivity index (χ2v) is 7.32. The molecule has 2 aromatic carbocycles. The van der Waals surface area contributed by atoms with Crippen LogP contribution >= 0.6 is 11.8 Å². The van der Waals surface area contributed by atoms with Crippen molar-refractivity contribution in [1.29, 1.82) is 0 Å². The van der Waals surface area contributed by atoms with Gasteiger partial charge in [-0.15, -0.1) is 0 Å². The van der Waals surface area contributed by atoms with Crippen LogP contribution in [-0.4, -0.2) is 37.5 Å². The van der Waals surface area contributed by atoms with Crippen LogP contribution in [0.3, 0.4) is 0 Å². The van der Waals surface area contributed by atoms with E-state index in [1.807, 2.05) is 48.5 Å². The number of primary amides is 1. The Hall–Kier alpha value is -2.67. The van der Waals surface area contributed by atoms with E-state index in [-0.39, 0.29) is 23.6 Å². The van der Waals surface area contributed by atoms with Crippen molar-refractivity contribution in [3.8, 4) is 11.5 Å². The maximum Gasteiger partial charge on any atom is 0.227 e. The van der Waals surface area contributed by atoms with Crippen molar-refractivity contribution < 1.29 is 19.1 Å². The summed E-state index contributed by atoms with van der Waals surface area (Å²) >= 11 is 1.36. The molecule has 0 aliphatic carbocycles. The van der Waals surface area contributed by atoms with Crippen molar-refractivity contribution in [2.75, 3.05) is 25.7 Å². The van der Waals surface area contributed by atoms with E-state index in [1.165, 1.54) is 11.8 Å². The molecule has 0 heterocycles. The van der Waals surface area contributed by atoms with Gasteiger partial charge in [0.05, 0.1) is 26.0 Å².